The van der Waals surface area contributed by atoms with Crippen LogP contribution in [0.3, 0.4) is 0 Å². The van der Waals surface area contributed by atoms with Crippen LogP contribution in [-0.4, -0.2) is 32.8 Å². The average molecular weight is 382 g/mol. The SMILES string of the molecule is C=CCCOc1ccc(C(=O)Oc2ccc(C=CC(=O)OC)cc2OC)cc1. The summed E-state index contributed by atoms with van der Waals surface area (Å²) in [5.41, 5.74) is 1.08. The first-order valence-corrected chi connectivity index (χ1v) is 8.57. The molecule has 0 heterocycles. The molecular weight excluding hydrogens is 360 g/mol. The van der Waals surface area contributed by atoms with E-state index in [0.29, 0.717) is 29.2 Å². The van der Waals surface area contributed by atoms with Crippen LogP contribution in [0.1, 0.15) is 22.3 Å². The van der Waals surface area contributed by atoms with Gasteiger partial charge in [0.1, 0.15) is 5.75 Å². The van der Waals surface area contributed by atoms with Gasteiger partial charge in [-0.1, -0.05) is 12.1 Å². The van der Waals surface area contributed by atoms with Crippen LogP contribution in [0.2, 0.25) is 0 Å². The first kappa shape index (κ1) is 20.8. The smallest absolute Gasteiger partial charge is 0.343 e. The summed E-state index contributed by atoms with van der Waals surface area (Å²) in [5.74, 6) is 0.316. The number of hydrogen-bond acceptors (Lipinski definition) is 6. The van der Waals surface area contributed by atoms with Gasteiger partial charge in [-0.05, 0) is 54.5 Å². The summed E-state index contributed by atoms with van der Waals surface area (Å²) >= 11 is 0. The highest BCUT2D eigenvalue weighted by Crippen LogP contribution is 2.29. The Hall–Kier alpha value is -3.54. The van der Waals surface area contributed by atoms with E-state index in [1.165, 1.54) is 20.3 Å². The molecule has 28 heavy (non-hydrogen) atoms. The van der Waals surface area contributed by atoms with Crippen molar-refractivity contribution >= 4 is 18.0 Å². The quantitative estimate of drug-likeness (QED) is 0.214. The molecule has 0 aromatic heterocycles. The third-order valence-corrected chi connectivity index (χ3v) is 3.68. The van der Waals surface area contributed by atoms with Crippen molar-refractivity contribution in [2.45, 2.75) is 6.42 Å². The van der Waals surface area contributed by atoms with Gasteiger partial charge in [-0.2, -0.15) is 0 Å². The molecule has 0 fully saturated rings. The Morgan fingerprint density at radius 2 is 1.79 bits per heavy atom. The molecular formula is C22H22O6. The minimum Gasteiger partial charge on any atom is -0.493 e. The fraction of sp³-hybridized carbons (Fsp3) is 0.182. The van der Waals surface area contributed by atoms with Crippen LogP contribution < -0.4 is 14.2 Å². The number of methoxy groups -OCH3 is 2. The van der Waals surface area contributed by atoms with E-state index < -0.39 is 11.9 Å². The lowest BCUT2D eigenvalue weighted by Crippen LogP contribution is -2.09. The van der Waals surface area contributed by atoms with E-state index in [1.807, 2.05) is 0 Å². The zero-order valence-electron chi connectivity index (χ0n) is 15.8. The molecule has 0 saturated carbocycles. The standard InChI is InChI=1S/C22H22O6/c1-4-5-14-27-18-10-8-17(9-11-18)22(24)28-19-12-6-16(15-20(19)25-2)7-13-21(23)26-3/h4,6-13,15H,1,5,14H2,2-3H3. The highest BCUT2D eigenvalue weighted by Gasteiger charge is 2.13. The van der Waals surface area contributed by atoms with Gasteiger partial charge in [0.05, 0.1) is 26.4 Å². The maximum Gasteiger partial charge on any atom is 0.343 e. The molecule has 2 rings (SSSR count). The predicted molar refractivity (Wildman–Crippen MR) is 106 cm³/mol. The van der Waals surface area contributed by atoms with Crippen LogP contribution in [-0.2, 0) is 9.53 Å². The maximum atomic E-state index is 12.4. The molecule has 146 valence electrons. The molecule has 0 atom stereocenters. The number of rotatable bonds is 9. The Bertz CT molecular complexity index is 852. The van der Waals surface area contributed by atoms with Crippen molar-refractivity contribution in [2.24, 2.45) is 0 Å². The molecule has 2 aromatic carbocycles. The number of hydrogen-bond donors (Lipinski definition) is 0. The van der Waals surface area contributed by atoms with E-state index in [4.69, 9.17) is 14.2 Å². The minimum absolute atomic E-state index is 0.272. The molecule has 0 amide bonds. The minimum atomic E-state index is -0.520. The molecule has 0 aliphatic heterocycles. The molecule has 2 aromatic rings. The van der Waals surface area contributed by atoms with Gasteiger partial charge in [-0.25, -0.2) is 9.59 Å². The van der Waals surface area contributed by atoms with Crippen LogP contribution in [0, 0.1) is 0 Å². The second kappa shape index (κ2) is 10.6. The third kappa shape index (κ3) is 6.02. The normalized spacial score (nSPS) is 10.4. The molecule has 0 aliphatic rings. The van der Waals surface area contributed by atoms with E-state index in [-0.39, 0.29) is 5.75 Å². The van der Waals surface area contributed by atoms with E-state index in [1.54, 1.807) is 54.6 Å². The fourth-order valence-electron chi connectivity index (χ4n) is 2.21. The van der Waals surface area contributed by atoms with E-state index in [0.717, 1.165) is 6.42 Å². The van der Waals surface area contributed by atoms with Gasteiger partial charge < -0.3 is 18.9 Å². The van der Waals surface area contributed by atoms with Crippen molar-refractivity contribution < 1.29 is 28.5 Å². The molecule has 0 radical (unpaired) electrons. The van der Waals surface area contributed by atoms with Crippen molar-refractivity contribution in [3.05, 3.63) is 72.3 Å². The molecule has 0 bridgehead atoms. The highest BCUT2D eigenvalue weighted by atomic mass is 16.6. The van der Waals surface area contributed by atoms with Crippen molar-refractivity contribution in [3.8, 4) is 17.2 Å². The summed E-state index contributed by atoms with van der Waals surface area (Å²) in [4.78, 5) is 23.6. The molecule has 6 nitrogen and oxygen atoms in total. The summed E-state index contributed by atoms with van der Waals surface area (Å²) in [6.45, 7) is 4.16. The largest absolute Gasteiger partial charge is 0.493 e. The van der Waals surface area contributed by atoms with Gasteiger partial charge in [0, 0.05) is 6.08 Å². The van der Waals surface area contributed by atoms with Gasteiger partial charge in [-0.15, -0.1) is 6.58 Å². The summed E-state index contributed by atoms with van der Waals surface area (Å²) in [6, 6.07) is 11.6. The lowest BCUT2D eigenvalue weighted by molar-refractivity contribution is -0.134. The first-order chi connectivity index (χ1) is 13.6. The molecule has 0 N–H and O–H groups in total. The predicted octanol–water partition coefficient (Wildman–Crippen LogP) is 4.06. The Kier molecular flexibility index (Phi) is 7.84. The topological polar surface area (TPSA) is 71.1 Å². The zero-order valence-corrected chi connectivity index (χ0v) is 15.8. The lowest BCUT2D eigenvalue weighted by atomic mass is 10.2. The van der Waals surface area contributed by atoms with E-state index in [2.05, 4.69) is 11.3 Å². The van der Waals surface area contributed by atoms with Crippen molar-refractivity contribution in [1.29, 1.82) is 0 Å². The van der Waals surface area contributed by atoms with Crippen molar-refractivity contribution in [3.63, 3.8) is 0 Å². The summed E-state index contributed by atoms with van der Waals surface area (Å²) in [7, 11) is 2.77. The van der Waals surface area contributed by atoms with Crippen LogP contribution >= 0.6 is 0 Å². The molecule has 0 saturated heterocycles. The lowest BCUT2D eigenvalue weighted by Gasteiger charge is -2.10. The van der Waals surface area contributed by atoms with E-state index >= 15 is 0 Å². The maximum absolute atomic E-state index is 12.4. The van der Waals surface area contributed by atoms with Gasteiger partial charge in [0.25, 0.3) is 0 Å². The molecule has 6 heteroatoms. The van der Waals surface area contributed by atoms with Gasteiger partial charge in [-0.3, -0.25) is 0 Å². The molecule has 0 aliphatic carbocycles. The van der Waals surface area contributed by atoms with Crippen LogP contribution in [0.25, 0.3) is 6.08 Å². The number of carbonyl (C=O) groups is 2. The van der Waals surface area contributed by atoms with Crippen molar-refractivity contribution in [1.82, 2.24) is 0 Å². The van der Waals surface area contributed by atoms with Gasteiger partial charge in [0.2, 0.25) is 0 Å². The van der Waals surface area contributed by atoms with Crippen LogP contribution in [0.5, 0.6) is 17.2 Å². The second-order valence-electron chi connectivity index (χ2n) is 5.61. The molecule has 0 unspecified atom stereocenters. The highest BCUT2D eigenvalue weighted by molar-refractivity contribution is 5.91. The van der Waals surface area contributed by atoms with Crippen LogP contribution in [0.4, 0.5) is 0 Å². The third-order valence-electron chi connectivity index (χ3n) is 3.68. The fourth-order valence-corrected chi connectivity index (χ4v) is 2.21. The monoisotopic (exact) mass is 382 g/mol. The Labute approximate surface area is 164 Å². The number of ether oxygens (including phenoxy) is 4. The van der Waals surface area contributed by atoms with Crippen LogP contribution in [0.15, 0.2) is 61.2 Å². The van der Waals surface area contributed by atoms with Gasteiger partial charge in [0.15, 0.2) is 11.5 Å². The Balaban J connectivity index is 2.07. The van der Waals surface area contributed by atoms with E-state index in [9.17, 15) is 9.59 Å². The Morgan fingerprint density at radius 1 is 1.04 bits per heavy atom. The summed E-state index contributed by atoms with van der Waals surface area (Å²) < 4.78 is 20.8. The average Bonchev–Trinajstić information content (AvgIpc) is 2.73. The molecule has 0 spiro atoms. The first-order valence-electron chi connectivity index (χ1n) is 8.57. The summed E-state index contributed by atoms with van der Waals surface area (Å²) in [6.07, 6.45) is 5.38. The van der Waals surface area contributed by atoms with Crippen molar-refractivity contribution in [2.75, 3.05) is 20.8 Å². The number of carbonyl (C=O) groups excluding carboxylic acids is 2. The Morgan fingerprint density at radius 3 is 2.43 bits per heavy atom. The number of esters is 2. The number of benzene rings is 2. The zero-order chi connectivity index (χ0) is 20.4. The second-order valence-corrected chi connectivity index (χ2v) is 5.61. The van der Waals surface area contributed by atoms with Gasteiger partial charge >= 0.3 is 11.9 Å². The summed E-state index contributed by atoms with van der Waals surface area (Å²) in [5, 5.41) is 0.